The van der Waals surface area contributed by atoms with Crippen LogP contribution in [-0.2, 0) is 10.0 Å². The number of hydrogen-bond donors (Lipinski definition) is 1. The van der Waals surface area contributed by atoms with E-state index < -0.39 is 15.6 Å². The third-order valence-corrected chi connectivity index (χ3v) is 5.27. The molecule has 0 saturated carbocycles. The molecule has 0 amide bonds. The molecule has 0 bridgehead atoms. The predicted octanol–water partition coefficient (Wildman–Crippen LogP) is 2.40. The molecule has 1 aromatic heterocycles. The Balaban J connectivity index is 3.15. The van der Waals surface area contributed by atoms with Gasteiger partial charge in [-0.25, -0.2) is 8.42 Å². The highest BCUT2D eigenvalue weighted by Crippen LogP contribution is 2.30. The Kier molecular flexibility index (Phi) is 3.80. The zero-order valence-corrected chi connectivity index (χ0v) is 12.3. The maximum absolute atomic E-state index is 12.0. The smallest absolute Gasteiger partial charge is 0.207 e. The number of rotatable bonds is 3. The molecule has 0 radical (unpaired) electrons. The van der Waals surface area contributed by atoms with Crippen LogP contribution in [0.15, 0.2) is 14.7 Å². The van der Waals surface area contributed by atoms with Gasteiger partial charge >= 0.3 is 0 Å². The average molecular weight is 323 g/mol. The fourth-order valence-electron chi connectivity index (χ4n) is 1.11. The molecule has 4 nitrogen and oxygen atoms in total. The maximum atomic E-state index is 12.0. The number of hydrogen-bond acceptors (Lipinski definition) is 4. The molecule has 0 unspecified atom stereocenters. The molecular formula is C9H11BrN2O2S2. The van der Waals surface area contributed by atoms with Gasteiger partial charge in [-0.05, 0) is 42.8 Å². The first-order valence-electron chi connectivity index (χ1n) is 4.39. The van der Waals surface area contributed by atoms with Gasteiger partial charge in [0.15, 0.2) is 0 Å². The molecule has 0 aliphatic rings. The molecule has 7 heteroatoms. The Labute approximate surface area is 107 Å². The highest BCUT2D eigenvalue weighted by molar-refractivity contribution is 9.11. The second kappa shape index (κ2) is 4.45. The van der Waals surface area contributed by atoms with Gasteiger partial charge in [0.05, 0.1) is 14.8 Å². The minimum Gasteiger partial charge on any atom is -0.207 e. The summed E-state index contributed by atoms with van der Waals surface area (Å²) in [5.74, 6) is 0. The normalized spacial score (nSPS) is 12.4. The summed E-state index contributed by atoms with van der Waals surface area (Å²) >= 11 is 4.58. The van der Waals surface area contributed by atoms with E-state index in [2.05, 4.69) is 20.7 Å². The van der Waals surface area contributed by atoms with Crippen LogP contribution in [-0.4, -0.2) is 14.0 Å². The topological polar surface area (TPSA) is 70.0 Å². The van der Waals surface area contributed by atoms with Crippen molar-refractivity contribution >= 4 is 37.3 Å². The molecule has 0 aliphatic carbocycles. The maximum Gasteiger partial charge on any atom is 0.243 e. The lowest BCUT2D eigenvalue weighted by atomic mass is 10.1. The Bertz CT molecular complexity index is 540. The lowest BCUT2D eigenvalue weighted by Crippen LogP contribution is -2.41. The molecule has 1 heterocycles. The third-order valence-electron chi connectivity index (χ3n) is 1.80. The number of sulfonamides is 1. The zero-order chi connectivity index (χ0) is 12.6. The minimum atomic E-state index is -3.63. The van der Waals surface area contributed by atoms with E-state index >= 15 is 0 Å². The van der Waals surface area contributed by atoms with Crippen molar-refractivity contribution in [2.75, 3.05) is 0 Å². The molecule has 0 spiro atoms. The second-order valence-electron chi connectivity index (χ2n) is 3.81. The number of halogens is 1. The molecule has 1 aromatic rings. The van der Waals surface area contributed by atoms with Gasteiger partial charge in [-0.15, -0.1) is 11.3 Å². The summed E-state index contributed by atoms with van der Waals surface area (Å²) in [5.41, 5.74) is -1.11. The van der Waals surface area contributed by atoms with Gasteiger partial charge in [-0.2, -0.15) is 9.98 Å². The first kappa shape index (κ1) is 13.6. The van der Waals surface area contributed by atoms with Crippen LogP contribution < -0.4 is 4.72 Å². The van der Waals surface area contributed by atoms with Gasteiger partial charge in [0.25, 0.3) is 0 Å². The van der Waals surface area contributed by atoms with Crippen molar-refractivity contribution in [3.63, 3.8) is 0 Å². The highest BCUT2D eigenvalue weighted by atomic mass is 79.9. The van der Waals surface area contributed by atoms with Gasteiger partial charge in [-0.1, -0.05) is 0 Å². The summed E-state index contributed by atoms with van der Waals surface area (Å²) in [6, 6.07) is 3.43. The summed E-state index contributed by atoms with van der Waals surface area (Å²) in [5, 5.41) is 8.80. The number of nitrogens with one attached hydrogen (secondary N) is 1. The lowest BCUT2D eigenvalue weighted by Gasteiger charge is -2.17. The minimum absolute atomic E-state index is 0.215. The van der Waals surface area contributed by atoms with E-state index in [4.69, 9.17) is 5.26 Å². The van der Waals surface area contributed by atoms with Gasteiger partial charge in [-0.3, -0.25) is 0 Å². The van der Waals surface area contributed by atoms with Gasteiger partial charge in [0.2, 0.25) is 10.0 Å². The largest absolute Gasteiger partial charge is 0.243 e. The molecule has 0 atom stereocenters. The van der Waals surface area contributed by atoms with Crippen molar-refractivity contribution in [1.29, 1.82) is 5.26 Å². The monoisotopic (exact) mass is 322 g/mol. The number of nitriles is 1. The Morgan fingerprint density at radius 2 is 2.12 bits per heavy atom. The van der Waals surface area contributed by atoms with E-state index in [1.807, 2.05) is 6.07 Å². The summed E-state index contributed by atoms with van der Waals surface area (Å²) < 4.78 is 27.0. The summed E-state index contributed by atoms with van der Waals surface area (Å²) in [7, 11) is -3.63. The van der Waals surface area contributed by atoms with Crippen LogP contribution in [0.4, 0.5) is 0 Å². The molecule has 0 aromatic carbocycles. The van der Waals surface area contributed by atoms with Crippen molar-refractivity contribution in [1.82, 2.24) is 4.72 Å². The van der Waals surface area contributed by atoms with Crippen LogP contribution in [0.3, 0.4) is 0 Å². The molecule has 0 saturated heterocycles. The molecule has 16 heavy (non-hydrogen) atoms. The predicted molar refractivity (Wildman–Crippen MR) is 66.8 cm³/mol. The van der Waals surface area contributed by atoms with Crippen molar-refractivity contribution < 1.29 is 8.42 Å². The van der Waals surface area contributed by atoms with E-state index in [-0.39, 0.29) is 4.90 Å². The van der Waals surface area contributed by atoms with E-state index in [1.54, 1.807) is 6.92 Å². The van der Waals surface area contributed by atoms with E-state index in [0.29, 0.717) is 4.88 Å². The van der Waals surface area contributed by atoms with E-state index in [1.165, 1.54) is 31.3 Å². The van der Waals surface area contributed by atoms with Crippen LogP contribution in [0.1, 0.15) is 18.7 Å². The van der Waals surface area contributed by atoms with Crippen molar-refractivity contribution in [2.24, 2.45) is 0 Å². The van der Waals surface area contributed by atoms with Gasteiger partial charge < -0.3 is 0 Å². The molecule has 88 valence electrons. The number of nitrogens with zero attached hydrogens (tertiary/aromatic N) is 1. The van der Waals surface area contributed by atoms with E-state index in [0.717, 1.165) is 3.79 Å². The van der Waals surface area contributed by atoms with Crippen LogP contribution in [0.25, 0.3) is 0 Å². The summed E-state index contributed by atoms with van der Waals surface area (Å²) in [6.07, 6.45) is 0. The first-order chi connectivity index (χ1) is 7.18. The van der Waals surface area contributed by atoms with E-state index in [9.17, 15) is 8.42 Å². The zero-order valence-electron chi connectivity index (χ0n) is 9.04. The summed E-state index contributed by atoms with van der Waals surface area (Å²) in [6.45, 7) is 4.76. The van der Waals surface area contributed by atoms with Gasteiger partial charge in [0, 0.05) is 4.88 Å². The molecule has 0 aliphatic heterocycles. The number of thiophene rings is 1. The van der Waals surface area contributed by atoms with Crippen LogP contribution in [0.2, 0.25) is 0 Å². The second-order valence-corrected chi connectivity index (χ2v) is 8.10. The standard InChI is InChI=1S/C9H11BrN2O2S2/c1-6-7(4-8(10)15-6)16(13,14)12-9(2,3)5-11/h4,12H,1-3H3. The average Bonchev–Trinajstić information content (AvgIpc) is 2.44. The third kappa shape index (κ3) is 3.04. The van der Waals surface area contributed by atoms with Crippen molar-refractivity contribution in [3.8, 4) is 6.07 Å². The fourth-order valence-corrected chi connectivity index (χ4v) is 4.86. The SMILES string of the molecule is Cc1sc(Br)cc1S(=O)(=O)NC(C)(C)C#N. The number of aryl methyl sites for hydroxylation is 1. The molecule has 1 N–H and O–H groups in total. The Morgan fingerprint density at radius 1 is 1.56 bits per heavy atom. The highest BCUT2D eigenvalue weighted by Gasteiger charge is 2.28. The van der Waals surface area contributed by atoms with Crippen molar-refractivity contribution in [2.45, 2.75) is 31.2 Å². The van der Waals surface area contributed by atoms with Crippen molar-refractivity contribution in [3.05, 3.63) is 14.7 Å². The van der Waals surface area contributed by atoms with Gasteiger partial charge in [0.1, 0.15) is 5.54 Å². The molecule has 1 rings (SSSR count). The fraction of sp³-hybridized carbons (Fsp3) is 0.444. The molecular weight excluding hydrogens is 312 g/mol. The van der Waals surface area contributed by atoms with Crippen LogP contribution in [0.5, 0.6) is 0 Å². The molecule has 0 fully saturated rings. The lowest BCUT2D eigenvalue weighted by molar-refractivity contribution is 0.535. The first-order valence-corrected chi connectivity index (χ1v) is 7.48. The Hall–Kier alpha value is -0.420. The quantitative estimate of drug-likeness (QED) is 0.928. The Morgan fingerprint density at radius 3 is 2.50 bits per heavy atom. The van der Waals surface area contributed by atoms with Crippen LogP contribution in [0, 0.1) is 18.3 Å². The van der Waals surface area contributed by atoms with Crippen LogP contribution >= 0.6 is 27.3 Å². The summed E-state index contributed by atoms with van der Waals surface area (Å²) in [4.78, 5) is 0.904.